The van der Waals surface area contributed by atoms with Crippen molar-refractivity contribution in [2.45, 2.75) is 32.1 Å². The van der Waals surface area contributed by atoms with E-state index in [1.54, 1.807) is 42.7 Å². The van der Waals surface area contributed by atoms with E-state index in [1.165, 1.54) is 12.6 Å². The standard InChI is InChI=1S/C20H22N4O2/c25-19(16-6-2-1-3-7-16)23-18-10-8-17(9-11-18)20(26)24-22-14-15-5-4-12-21-13-15/h4-5,8-14,16H,1-3,6-7H2,(H,23,25)(H,24,26). The van der Waals surface area contributed by atoms with Crippen molar-refractivity contribution < 1.29 is 9.59 Å². The summed E-state index contributed by atoms with van der Waals surface area (Å²) in [7, 11) is 0. The summed E-state index contributed by atoms with van der Waals surface area (Å²) in [6.45, 7) is 0. The van der Waals surface area contributed by atoms with Crippen LogP contribution in [0.4, 0.5) is 5.69 Å². The van der Waals surface area contributed by atoms with Gasteiger partial charge in [0.05, 0.1) is 6.21 Å². The molecule has 1 fully saturated rings. The van der Waals surface area contributed by atoms with E-state index in [0.717, 1.165) is 31.2 Å². The van der Waals surface area contributed by atoms with E-state index < -0.39 is 0 Å². The van der Waals surface area contributed by atoms with Crippen molar-refractivity contribution in [2.75, 3.05) is 5.32 Å². The molecule has 0 radical (unpaired) electrons. The summed E-state index contributed by atoms with van der Waals surface area (Å²) in [5, 5.41) is 6.85. The van der Waals surface area contributed by atoms with Gasteiger partial charge in [-0.05, 0) is 43.2 Å². The molecule has 1 heterocycles. The zero-order valence-electron chi connectivity index (χ0n) is 14.5. The lowest BCUT2D eigenvalue weighted by molar-refractivity contribution is -0.120. The lowest BCUT2D eigenvalue weighted by atomic mass is 9.88. The molecule has 0 bridgehead atoms. The molecule has 0 saturated heterocycles. The number of hydrogen-bond acceptors (Lipinski definition) is 4. The smallest absolute Gasteiger partial charge is 0.271 e. The molecular weight excluding hydrogens is 328 g/mol. The first-order chi connectivity index (χ1) is 12.7. The molecule has 134 valence electrons. The predicted octanol–water partition coefficient (Wildman–Crippen LogP) is 3.36. The normalized spacial score (nSPS) is 14.9. The number of pyridine rings is 1. The number of hydrogen-bond donors (Lipinski definition) is 2. The van der Waals surface area contributed by atoms with Gasteiger partial charge in [-0.1, -0.05) is 25.3 Å². The fourth-order valence-electron chi connectivity index (χ4n) is 3.00. The Morgan fingerprint density at radius 2 is 1.85 bits per heavy atom. The van der Waals surface area contributed by atoms with Gasteiger partial charge in [-0.3, -0.25) is 14.6 Å². The minimum atomic E-state index is -0.310. The number of rotatable bonds is 5. The third-order valence-electron chi connectivity index (χ3n) is 4.45. The monoisotopic (exact) mass is 350 g/mol. The van der Waals surface area contributed by atoms with E-state index in [2.05, 4.69) is 20.8 Å². The maximum Gasteiger partial charge on any atom is 0.271 e. The van der Waals surface area contributed by atoms with Gasteiger partial charge in [0, 0.05) is 35.1 Å². The number of aromatic nitrogens is 1. The first-order valence-electron chi connectivity index (χ1n) is 8.87. The second kappa shape index (κ2) is 8.89. The molecule has 0 atom stereocenters. The molecule has 0 unspecified atom stereocenters. The highest BCUT2D eigenvalue weighted by molar-refractivity contribution is 5.96. The first kappa shape index (κ1) is 17.8. The molecule has 1 aromatic carbocycles. The van der Waals surface area contributed by atoms with E-state index in [1.807, 2.05) is 6.07 Å². The molecular formula is C20H22N4O2. The van der Waals surface area contributed by atoms with Crippen molar-refractivity contribution in [3.63, 3.8) is 0 Å². The Labute approximate surface area is 152 Å². The predicted molar refractivity (Wildman–Crippen MR) is 101 cm³/mol. The molecule has 3 rings (SSSR count). The van der Waals surface area contributed by atoms with Crippen molar-refractivity contribution in [1.29, 1.82) is 0 Å². The van der Waals surface area contributed by atoms with Gasteiger partial charge in [0.25, 0.3) is 5.91 Å². The quantitative estimate of drug-likeness (QED) is 0.640. The molecule has 1 aliphatic rings. The number of anilines is 1. The zero-order valence-corrected chi connectivity index (χ0v) is 14.5. The lowest BCUT2D eigenvalue weighted by Crippen LogP contribution is -2.24. The highest BCUT2D eigenvalue weighted by Gasteiger charge is 2.21. The summed E-state index contributed by atoms with van der Waals surface area (Å²) < 4.78 is 0. The Bertz CT molecular complexity index is 766. The minimum Gasteiger partial charge on any atom is -0.326 e. The Hall–Kier alpha value is -3.02. The summed E-state index contributed by atoms with van der Waals surface area (Å²) in [6, 6.07) is 10.5. The van der Waals surface area contributed by atoms with Crippen LogP contribution in [0.25, 0.3) is 0 Å². The van der Waals surface area contributed by atoms with E-state index in [0.29, 0.717) is 11.3 Å². The van der Waals surface area contributed by atoms with E-state index in [4.69, 9.17) is 0 Å². The van der Waals surface area contributed by atoms with Crippen LogP contribution >= 0.6 is 0 Å². The third kappa shape index (κ3) is 4.99. The lowest BCUT2D eigenvalue weighted by Gasteiger charge is -2.20. The van der Waals surface area contributed by atoms with Crippen LogP contribution < -0.4 is 10.7 Å². The van der Waals surface area contributed by atoms with Gasteiger partial charge >= 0.3 is 0 Å². The van der Waals surface area contributed by atoms with E-state index >= 15 is 0 Å². The summed E-state index contributed by atoms with van der Waals surface area (Å²) in [5.74, 6) is -0.133. The highest BCUT2D eigenvalue weighted by Crippen LogP contribution is 2.25. The molecule has 2 N–H and O–H groups in total. The van der Waals surface area contributed by atoms with Crippen molar-refractivity contribution >= 4 is 23.7 Å². The second-order valence-electron chi connectivity index (χ2n) is 6.39. The topological polar surface area (TPSA) is 83.4 Å². The number of nitrogens with zero attached hydrogens (tertiary/aromatic N) is 2. The number of amides is 2. The van der Waals surface area contributed by atoms with E-state index in [-0.39, 0.29) is 17.7 Å². The number of benzene rings is 1. The number of carbonyl (C=O) groups is 2. The molecule has 2 amide bonds. The maximum absolute atomic E-state index is 12.2. The molecule has 0 spiro atoms. The van der Waals surface area contributed by atoms with Gasteiger partial charge in [0.1, 0.15) is 0 Å². The molecule has 6 nitrogen and oxygen atoms in total. The van der Waals surface area contributed by atoms with Crippen LogP contribution in [0.5, 0.6) is 0 Å². The Balaban J connectivity index is 1.52. The van der Waals surface area contributed by atoms with E-state index in [9.17, 15) is 9.59 Å². The molecule has 0 aliphatic heterocycles. The second-order valence-corrected chi connectivity index (χ2v) is 6.39. The van der Waals surface area contributed by atoms with Crippen LogP contribution in [0.1, 0.15) is 48.0 Å². The Morgan fingerprint density at radius 3 is 2.54 bits per heavy atom. The van der Waals surface area contributed by atoms with Crippen LogP contribution in [-0.4, -0.2) is 23.0 Å². The Kier molecular flexibility index (Phi) is 6.09. The van der Waals surface area contributed by atoms with Crippen molar-refractivity contribution in [1.82, 2.24) is 10.4 Å². The van der Waals surface area contributed by atoms with Gasteiger partial charge in [0.15, 0.2) is 0 Å². The average Bonchev–Trinajstić information content (AvgIpc) is 2.70. The zero-order chi connectivity index (χ0) is 18.2. The summed E-state index contributed by atoms with van der Waals surface area (Å²) >= 11 is 0. The van der Waals surface area contributed by atoms with Crippen molar-refractivity contribution in [3.8, 4) is 0 Å². The highest BCUT2D eigenvalue weighted by atomic mass is 16.2. The molecule has 6 heteroatoms. The largest absolute Gasteiger partial charge is 0.326 e. The average molecular weight is 350 g/mol. The molecule has 1 aromatic heterocycles. The molecule has 1 saturated carbocycles. The van der Waals surface area contributed by atoms with Gasteiger partial charge in [-0.2, -0.15) is 5.10 Å². The summed E-state index contributed by atoms with van der Waals surface area (Å²) in [6.07, 6.45) is 10.2. The van der Waals surface area contributed by atoms with Crippen molar-refractivity contribution in [2.24, 2.45) is 11.0 Å². The number of carbonyl (C=O) groups excluding carboxylic acids is 2. The van der Waals surface area contributed by atoms with Crippen LogP contribution in [0.15, 0.2) is 53.9 Å². The summed E-state index contributed by atoms with van der Waals surface area (Å²) in [4.78, 5) is 28.3. The molecule has 2 aromatic rings. The third-order valence-corrected chi connectivity index (χ3v) is 4.45. The van der Waals surface area contributed by atoms with Crippen LogP contribution in [0, 0.1) is 5.92 Å². The van der Waals surface area contributed by atoms with Crippen molar-refractivity contribution in [3.05, 3.63) is 59.9 Å². The fraction of sp³-hybridized carbons (Fsp3) is 0.300. The number of hydrazone groups is 1. The van der Waals surface area contributed by atoms with Gasteiger partial charge in [-0.15, -0.1) is 0 Å². The molecule has 26 heavy (non-hydrogen) atoms. The number of nitrogens with one attached hydrogen (secondary N) is 2. The first-order valence-corrected chi connectivity index (χ1v) is 8.87. The SMILES string of the molecule is O=C(NN=Cc1cccnc1)c1ccc(NC(=O)C2CCCCC2)cc1. The van der Waals surface area contributed by atoms with Crippen LogP contribution in [0.3, 0.4) is 0 Å². The molecule has 1 aliphatic carbocycles. The maximum atomic E-state index is 12.2. The fourth-order valence-corrected chi connectivity index (χ4v) is 3.00. The minimum absolute atomic E-state index is 0.0722. The summed E-state index contributed by atoms with van der Waals surface area (Å²) in [5.41, 5.74) is 4.45. The van der Waals surface area contributed by atoms with Gasteiger partial charge in [0.2, 0.25) is 5.91 Å². The van der Waals surface area contributed by atoms with Gasteiger partial charge in [-0.25, -0.2) is 5.43 Å². The Morgan fingerprint density at radius 1 is 1.08 bits per heavy atom. The van der Waals surface area contributed by atoms with Crippen LogP contribution in [-0.2, 0) is 4.79 Å². The van der Waals surface area contributed by atoms with Crippen LogP contribution in [0.2, 0.25) is 0 Å². The van der Waals surface area contributed by atoms with Gasteiger partial charge < -0.3 is 5.32 Å².